The molecule has 0 unspecified atom stereocenters. The van der Waals surface area contributed by atoms with Crippen LogP contribution in [0.15, 0.2) is 27.7 Å². The summed E-state index contributed by atoms with van der Waals surface area (Å²) in [7, 11) is 0. The molecule has 0 aliphatic heterocycles. The van der Waals surface area contributed by atoms with Gasteiger partial charge in [0, 0.05) is 23.2 Å². The molecule has 0 radical (unpaired) electrons. The van der Waals surface area contributed by atoms with Crippen molar-refractivity contribution < 1.29 is 5.11 Å². The minimum absolute atomic E-state index is 0.301. The van der Waals surface area contributed by atoms with Crippen molar-refractivity contribution in [1.82, 2.24) is 9.97 Å². The van der Waals surface area contributed by atoms with Crippen LogP contribution in [0.1, 0.15) is 0 Å². The van der Waals surface area contributed by atoms with E-state index in [1.165, 1.54) is 0 Å². The van der Waals surface area contributed by atoms with Gasteiger partial charge in [-0.1, -0.05) is 0 Å². The van der Waals surface area contributed by atoms with Crippen molar-refractivity contribution in [2.24, 2.45) is 0 Å². The maximum absolute atomic E-state index is 11.7. The Hall–Kier alpha value is -1.62. The fourth-order valence-electron chi connectivity index (χ4n) is 1.75. The molecule has 74 valence electrons. The summed E-state index contributed by atoms with van der Waals surface area (Å²) in [6, 6.07) is 1.84. The van der Waals surface area contributed by atoms with Crippen molar-refractivity contribution in [3.05, 3.63) is 33.2 Å². The molecule has 4 nitrogen and oxygen atoms in total. The Labute approximate surface area is 92.0 Å². The summed E-state index contributed by atoms with van der Waals surface area (Å²) in [6.45, 7) is 0. The number of phenols is 1. The van der Waals surface area contributed by atoms with Crippen LogP contribution in [0.3, 0.4) is 0 Å². The third-order valence-corrected chi connectivity index (χ3v) is 3.23. The van der Waals surface area contributed by atoms with E-state index in [1.807, 2.05) is 6.07 Å². The summed E-state index contributed by atoms with van der Waals surface area (Å²) >= 11 is 3.19. The van der Waals surface area contributed by atoms with Crippen LogP contribution in [0.2, 0.25) is 0 Å². The molecule has 3 aromatic rings. The zero-order valence-corrected chi connectivity index (χ0v) is 9.00. The van der Waals surface area contributed by atoms with Crippen LogP contribution in [-0.4, -0.2) is 15.1 Å². The average molecular weight is 265 g/mol. The van der Waals surface area contributed by atoms with Gasteiger partial charge in [-0.25, -0.2) is 0 Å². The minimum atomic E-state index is -0.441. The summed E-state index contributed by atoms with van der Waals surface area (Å²) in [5, 5.41) is 11.2. The average Bonchev–Trinajstić information content (AvgIpc) is 2.68. The highest BCUT2D eigenvalue weighted by molar-refractivity contribution is 9.10. The van der Waals surface area contributed by atoms with E-state index in [4.69, 9.17) is 0 Å². The highest BCUT2D eigenvalue weighted by Gasteiger charge is 2.16. The topological polar surface area (TPSA) is 66.0 Å². The molecule has 0 bridgehead atoms. The minimum Gasteiger partial charge on any atom is -0.503 e. The molecule has 0 aliphatic carbocycles. The zero-order chi connectivity index (χ0) is 10.6. The van der Waals surface area contributed by atoms with Crippen LogP contribution in [0.5, 0.6) is 5.75 Å². The fraction of sp³-hybridized carbons (Fsp3) is 0. The lowest BCUT2D eigenvalue weighted by molar-refractivity contribution is 0.468. The van der Waals surface area contributed by atoms with Crippen LogP contribution in [0.25, 0.3) is 21.8 Å². The van der Waals surface area contributed by atoms with Gasteiger partial charge in [0.1, 0.15) is 5.52 Å². The molecular formula is C10H5BrN2O2. The predicted octanol–water partition coefficient (Wildman–Crippen LogP) is 1.98. The van der Waals surface area contributed by atoms with Gasteiger partial charge in [0.15, 0.2) is 5.75 Å². The summed E-state index contributed by atoms with van der Waals surface area (Å²) in [4.78, 5) is 18.7. The molecule has 15 heavy (non-hydrogen) atoms. The maximum Gasteiger partial charge on any atom is 0.247 e. The summed E-state index contributed by atoms with van der Waals surface area (Å²) in [5.74, 6) is -0.301. The highest BCUT2D eigenvalue weighted by atomic mass is 79.9. The van der Waals surface area contributed by atoms with Gasteiger partial charge in [-0.2, -0.15) is 0 Å². The van der Waals surface area contributed by atoms with Gasteiger partial charge < -0.3 is 10.1 Å². The number of hydrogen-bond donors (Lipinski definition) is 2. The maximum atomic E-state index is 11.7. The van der Waals surface area contributed by atoms with E-state index in [0.717, 1.165) is 10.8 Å². The van der Waals surface area contributed by atoms with Crippen LogP contribution in [-0.2, 0) is 0 Å². The number of aromatic amines is 1. The molecule has 2 heterocycles. The largest absolute Gasteiger partial charge is 0.503 e. The molecule has 2 N–H and O–H groups in total. The number of hydrogen-bond acceptors (Lipinski definition) is 3. The van der Waals surface area contributed by atoms with Crippen LogP contribution in [0.4, 0.5) is 0 Å². The van der Waals surface area contributed by atoms with Gasteiger partial charge in [0.2, 0.25) is 5.43 Å². The Morgan fingerprint density at radius 3 is 3.07 bits per heavy atom. The van der Waals surface area contributed by atoms with Gasteiger partial charge in [-0.05, 0) is 22.0 Å². The van der Waals surface area contributed by atoms with Gasteiger partial charge in [-0.3, -0.25) is 9.78 Å². The number of nitrogens with zero attached hydrogens (tertiary/aromatic N) is 1. The third-order valence-electron chi connectivity index (χ3n) is 2.46. The second kappa shape index (κ2) is 2.70. The number of benzene rings is 1. The normalized spacial score (nSPS) is 11.5. The number of nitrogens with one attached hydrogen (secondary N) is 1. The van der Waals surface area contributed by atoms with Crippen LogP contribution < -0.4 is 5.43 Å². The number of aromatic nitrogens is 2. The molecule has 0 atom stereocenters. The monoisotopic (exact) mass is 264 g/mol. The molecular weight excluding hydrogens is 260 g/mol. The molecule has 0 saturated carbocycles. The molecule has 0 aliphatic rings. The molecule has 0 saturated heterocycles. The van der Waals surface area contributed by atoms with Crippen LogP contribution >= 0.6 is 15.9 Å². The van der Waals surface area contributed by atoms with E-state index in [9.17, 15) is 9.90 Å². The standard InChI is InChI=1S/C10H5BrN2O2/c11-6-7-5-4(1-2-12-7)3-13-8(5)10(15)9(6)14/h1-3,12,14H. The molecule has 5 heteroatoms. The first-order valence-electron chi connectivity index (χ1n) is 4.30. The van der Waals surface area contributed by atoms with Crippen molar-refractivity contribution in [3.63, 3.8) is 0 Å². The Morgan fingerprint density at radius 1 is 1.47 bits per heavy atom. The van der Waals surface area contributed by atoms with Crippen molar-refractivity contribution in [2.75, 3.05) is 0 Å². The lowest BCUT2D eigenvalue weighted by atomic mass is 10.1. The third kappa shape index (κ3) is 0.955. The first kappa shape index (κ1) is 8.67. The number of aromatic hydroxyl groups is 1. The van der Waals surface area contributed by atoms with Gasteiger partial charge >= 0.3 is 0 Å². The number of rotatable bonds is 0. The molecule has 1 aromatic carbocycles. The van der Waals surface area contributed by atoms with E-state index in [0.29, 0.717) is 15.5 Å². The van der Waals surface area contributed by atoms with Crippen molar-refractivity contribution in [3.8, 4) is 5.75 Å². The highest BCUT2D eigenvalue weighted by Crippen LogP contribution is 2.32. The molecule has 0 spiro atoms. The van der Waals surface area contributed by atoms with E-state index in [2.05, 4.69) is 25.9 Å². The Bertz CT molecular complexity index is 720. The lowest BCUT2D eigenvalue weighted by Gasteiger charge is -2.02. The van der Waals surface area contributed by atoms with E-state index in [-0.39, 0.29) is 5.75 Å². The van der Waals surface area contributed by atoms with E-state index < -0.39 is 5.43 Å². The predicted molar refractivity (Wildman–Crippen MR) is 60.4 cm³/mol. The van der Waals surface area contributed by atoms with Gasteiger partial charge in [0.05, 0.1) is 9.99 Å². The molecule has 3 rings (SSSR count). The Kier molecular flexibility index (Phi) is 1.56. The Balaban J connectivity index is 2.80. The number of phenolic OH excluding ortho intramolecular Hbond substituents is 1. The summed E-state index contributed by atoms with van der Waals surface area (Å²) in [5.41, 5.74) is 0.554. The first-order valence-corrected chi connectivity index (χ1v) is 5.09. The Morgan fingerprint density at radius 2 is 2.27 bits per heavy atom. The van der Waals surface area contributed by atoms with Gasteiger partial charge in [0.25, 0.3) is 0 Å². The molecule has 0 fully saturated rings. The van der Waals surface area contributed by atoms with Crippen molar-refractivity contribution >= 4 is 37.7 Å². The second-order valence-electron chi connectivity index (χ2n) is 3.28. The number of pyridine rings is 1. The SMILES string of the molecule is O=c1c(O)c(Br)c2[nH]ccc3cnc1c32. The van der Waals surface area contributed by atoms with Crippen molar-refractivity contribution in [2.45, 2.75) is 0 Å². The molecule has 0 amide bonds. The quantitative estimate of drug-likeness (QED) is 0.653. The summed E-state index contributed by atoms with van der Waals surface area (Å²) in [6.07, 6.45) is 3.37. The van der Waals surface area contributed by atoms with Gasteiger partial charge in [-0.15, -0.1) is 0 Å². The number of H-pyrrole nitrogens is 1. The zero-order valence-electron chi connectivity index (χ0n) is 7.41. The fourth-order valence-corrected chi connectivity index (χ4v) is 2.24. The van der Waals surface area contributed by atoms with E-state index >= 15 is 0 Å². The number of halogens is 1. The second-order valence-corrected chi connectivity index (χ2v) is 4.07. The van der Waals surface area contributed by atoms with Crippen molar-refractivity contribution in [1.29, 1.82) is 0 Å². The van der Waals surface area contributed by atoms with Crippen LogP contribution in [0, 0.1) is 0 Å². The lowest BCUT2D eigenvalue weighted by Crippen LogP contribution is -2.02. The first-order chi connectivity index (χ1) is 7.20. The molecule has 2 aromatic heterocycles. The summed E-state index contributed by atoms with van der Waals surface area (Å²) < 4.78 is 0.388. The van der Waals surface area contributed by atoms with E-state index in [1.54, 1.807) is 12.4 Å². The smallest absolute Gasteiger partial charge is 0.247 e.